The largest absolute Gasteiger partial charge is 0.529 e. The summed E-state index contributed by atoms with van der Waals surface area (Å²) in [5.41, 5.74) is 1.68. The summed E-state index contributed by atoms with van der Waals surface area (Å²) < 4.78 is 16.7. The van der Waals surface area contributed by atoms with Crippen LogP contribution in [0.3, 0.4) is 0 Å². The van der Waals surface area contributed by atoms with Crippen LogP contribution in [0.1, 0.15) is 34.1 Å². The Morgan fingerprint density at radius 2 is 1.44 bits per heavy atom. The van der Waals surface area contributed by atoms with E-state index in [1.165, 1.54) is 6.08 Å². The Kier molecular flexibility index (Phi) is 8.37. The predicted molar refractivity (Wildman–Crippen MR) is 65.1 cm³/mol. The van der Waals surface area contributed by atoms with Crippen molar-refractivity contribution < 1.29 is 18.1 Å². The quantitative estimate of drug-likeness (QED) is 0.462. The second-order valence-corrected chi connectivity index (χ2v) is 5.46. The van der Waals surface area contributed by atoms with E-state index < -0.39 is 8.80 Å². The van der Waals surface area contributed by atoms with Crippen molar-refractivity contribution in [1.29, 1.82) is 0 Å². The average Bonchev–Trinajstić information content (AvgIpc) is 2.27. The SMILES string of the molecule is CCO[Si](C=CC(=O)CC)(OCC)OCC. The summed E-state index contributed by atoms with van der Waals surface area (Å²) in [6, 6.07) is 0. The lowest BCUT2D eigenvalue weighted by atomic mass is 10.3. The van der Waals surface area contributed by atoms with Crippen LogP contribution in [0.4, 0.5) is 0 Å². The Labute approximate surface area is 99.0 Å². The van der Waals surface area contributed by atoms with Gasteiger partial charge in [0.2, 0.25) is 0 Å². The smallest absolute Gasteiger partial charge is 0.371 e. The lowest BCUT2D eigenvalue weighted by Gasteiger charge is -2.25. The Balaban J connectivity index is 4.70. The number of rotatable bonds is 9. The molecule has 0 aromatic heterocycles. The van der Waals surface area contributed by atoms with E-state index in [1.807, 2.05) is 27.7 Å². The van der Waals surface area contributed by atoms with Crippen LogP contribution in [-0.2, 0) is 18.1 Å². The molecular formula is C11H22O4Si. The predicted octanol–water partition coefficient (Wildman–Crippen LogP) is 2.11. The molecule has 0 spiro atoms. The summed E-state index contributed by atoms with van der Waals surface area (Å²) in [5, 5.41) is 0. The molecule has 4 nitrogen and oxygen atoms in total. The summed E-state index contributed by atoms with van der Waals surface area (Å²) in [4.78, 5) is 11.2. The number of allylic oxidation sites excluding steroid dienone is 1. The van der Waals surface area contributed by atoms with Gasteiger partial charge in [-0.15, -0.1) is 0 Å². The number of ketones is 1. The van der Waals surface area contributed by atoms with Crippen LogP contribution in [0.2, 0.25) is 0 Å². The maximum atomic E-state index is 11.2. The van der Waals surface area contributed by atoms with Gasteiger partial charge in [0.15, 0.2) is 5.78 Å². The minimum atomic E-state index is -2.78. The minimum Gasteiger partial charge on any atom is -0.371 e. The molecule has 0 saturated carbocycles. The van der Waals surface area contributed by atoms with Crippen LogP contribution in [0.5, 0.6) is 0 Å². The Morgan fingerprint density at radius 3 is 1.75 bits per heavy atom. The topological polar surface area (TPSA) is 44.8 Å². The standard InChI is InChI=1S/C11H22O4Si/c1-5-11(12)9-10-16(13-6-2,14-7-3)15-8-4/h9-10H,5-8H2,1-4H3. The molecule has 0 aliphatic carbocycles. The van der Waals surface area contributed by atoms with Crippen molar-refractivity contribution in [3.63, 3.8) is 0 Å². The lowest BCUT2D eigenvalue weighted by Crippen LogP contribution is -2.44. The van der Waals surface area contributed by atoms with Gasteiger partial charge in [-0.1, -0.05) is 6.92 Å². The van der Waals surface area contributed by atoms with E-state index in [1.54, 1.807) is 5.70 Å². The number of hydrogen-bond donors (Lipinski definition) is 0. The molecule has 0 aromatic carbocycles. The second-order valence-electron chi connectivity index (χ2n) is 3.06. The molecule has 0 heterocycles. The van der Waals surface area contributed by atoms with Gasteiger partial charge in [-0.05, 0) is 32.5 Å². The first kappa shape index (κ1) is 15.5. The second kappa shape index (κ2) is 8.64. The maximum Gasteiger partial charge on any atom is 0.529 e. The van der Waals surface area contributed by atoms with Crippen molar-refractivity contribution in [3.05, 3.63) is 11.8 Å². The van der Waals surface area contributed by atoms with Crippen LogP contribution >= 0.6 is 0 Å². The molecule has 0 rings (SSSR count). The molecule has 0 atom stereocenters. The molecule has 0 aliphatic rings. The van der Waals surface area contributed by atoms with Crippen molar-refractivity contribution >= 4 is 14.6 Å². The van der Waals surface area contributed by atoms with Crippen LogP contribution in [0, 0.1) is 0 Å². The molecule has 0 bridgehead atoms. The third kappa shape index (κ3) is 5.55. The van der Waals surface area contributed by atoms with Gasteiger partial charge >= 0.3 is 8.80 Å². The fourth-order valence-corrected chi connectivity index (χ4v) is 3.32. The normalized spacial score (nSPS) is 12.2. The van der Waals surface area contributed by atoms with Gasteiger partial charge < -0.3 is 13.3 Å². The molecule has 0 saturated heterocycles. The van der Waals surface area contributed by atoms with Crippen LogP contribution in [-0.4, -0.2) is 34.4 Å². The van der Waals surface area contributed by atoms with Crippen molar-refractivity contribution in [3.8, 4) is 0 Å². The van der Waals surface area contributed by atoms with E-state index >= 15 is 0 Å². The monoisotopic (exact) mass is 246 g/mol. The van der Waals surface area contributed by atoms with Gasteiger partial charge in [-0.2, -0.15) is 0 Å². The highest BCUT2D eigenvalue weighted by atomic mass is 28.4. The first-order chi connectivity index (χ1) is 7.64. The van der Waals surface area contributed by atoms with Crippen LogP contribution < -0.4 is 0 Å². The molecular weight excluding hydrogens is 224 g/mol. The Morgan fingerprint density at radius 1 is 1.00 bits per heavy atom. The van der Waals surface area contributed by atoms with Crippen molar-refractivity contribution in [2.24, 2.45) is 0 Å². The summed E-state index contributed by atoms with van der Waals surface area (Å²) in [6.45, 7) is 9.00. The van der Waals surface area contributed by atoms with Gasteiger partial charge in [0.05, 0.1) is 0 Å². The van der Waals surface area contributed by atoms with Crippen molar-refractivity contribution in [2.75, 3.05) is 19.8 Å². The molecule has 16 heavy (non-hydrogen) atoms. The van der Waals surface area contributed by atoms with E-state index in [0.29, 0.717) is 26.2 Å². The van der Waals surface area contributed by atoms with Gasteiger partial charge in [-0.25, -0.2) is 0 Å². The summed E-state index contributed by atoms with van der Waals surface area (Å²) in [7, 11) is -2.78. The Bertz CT molecular complexity index is 211. The molecule has 0 radical (unpaired) electrons. The minimum absolute atomic E-state index is 0.0518. The number of carbonyl (C=O) groups is 1. The summed E-state index contributed by atoms with van der Waals surface area (Å²) >= 11 is 0. The van der Waals surface area contributed by atoms with E-state index in [-0.39, 0.29) is 5.78 Å². The molecule has 94 valence electrons. The number of hydrogen-bond acceptors (Lipinski definition) is 4. The first-order valence-electron chi connectivity index (χ1n) is 5.78. The fourth-order valence-electron chi connectivity index (χ4n) is 1.19. The lowest BCUT2D eigenvalue weighted by molar-refractivity contribution is -0.114. The Hall–Kier alpha value is -0.493. The van der Waals surface area contributed by atoms with Crippen molar-refractivity contribution in [1.82, 2.24) is 0 Å². The zero-order chi connectivity index (χ0) is 12.4. The van der Waals surface area contributed by atoms with E-state index in [2.05, 4.69) is 0 Å². The van der Waals surface area contributed by atoms with Gasteiger partial charge in [-0.3, -0.25) is 4.79 Å². The molecule has 0 N–H and O–H groups in total. The summed E-state index contributed by atoms with van der Waals surface area (Å²) in [6.07, 6.45) is 1.98. The molecule has 0 unspecified atom stereocenters. The molecule has 0 fully saturated rings. The van der Waals surface area contributed by atoms with Crippen molar-refractivity contribution in [2.45, 2.75) is 34.1 Å². The van der Waals surface area contributed by atoms with Crippen LogP contribution in [0.15, 0.2) is 11.8 Å². The highest BCUT2D eigenvalue weighted by Gasteiger charge is 2.37. The van der Waals surface area contributed by atoms with Gasteiger partial charge in [0.1, 0.15) is 0 Å². The maximum absolute atomic E-state index is 11.2. The van der Waals surface area contributed by atoms with E-state index in [4.69, 9.17) is 13.3 Å². The third-order valence-electron chi connectivity index (χ3n) is 1.86. The number of carbonyl (C=O) groups excluding carboxylic acids is 1. The zero-order valence-electron chi connectivity index (χ0n) is 10.6. The van der Waals surface area contributed by atoms with E-state index in [9.17, 15) is 4.79 Å². The van der Waals surface area contributed by atoms with Gasteiger partial charge in [0, 0.05) is 26.2 Å². The molecule has 0 amide bonds. The fraction of sp³-hybridized carbons (Fsp3) is 0.727. The molecule has 0 aromatic rings. The highest BCUT2D eigenvalue weighted by molar-refractivity contribution is 6.66. The molecule has 0 aliphatic heterocycles. The summed E-state index contributed by atoms with van der Waals surface area (Å²) in [5.74, 6) is 0.0518. The third-order valence-corrected chi connectivity index (χ3v) is 4.51. The van der Waals surface area contributed by atoms with Gasteiger partial charge in [0.25, 0.3) is 0 Å². The zero-order valence-corrected chi connectivity index (χ0v) is 11.6. The average molecular weight is 246 g/mol. The van der Waals surface area contributed by atoms with E-state index in [0.717, 1.165) is 0 Å². The highest BCUT2D eigenvalue weighted by Crippen LogP contribution is 2.12. The first-order valence-corrected chi connectivity index (χ1v) is 7.58. The van der Waals surface area contributed by atoms with Crippen LogP contribution in [0.25, 0.3) is 0 Å². The molecule has 5 heteroatoms.